The number of hydrogen-bond acceptors (Lipinski definition) is 3. The average Bonchev–Trinajstić information content (AvgIpc) is 2.37. The average molecular weight is 264 g/mol. The van der Waals surface area contributed by atoms with Crippen molar-refractivity contribution >= 4 is 10.1 Å². The van der Waals surface area contributed by atoms with Gasteiger partial charge in [-0.05, 0) is 17.2 Å². The van der Waals surface area contributed by atoms with Crippen molar-refractivity contribution in [2.24, 2.45) is 0 Å². The summed E-state index contributed by atoms with van der Waals surface area (Å²) in [5.74, 6) is 0. The first-order chi connectivity index (χ1) is 8.54. The molecule has 2 aromatic rings. The lowest BCUT2D eigenvalue weighted by atomic mass is 10.0. The number of benzene rings is 2. The van der Waals surface area contributed by atoms with Crippen LogP contribution in [0.2, 0.25) is 0 Å². The van der Waals surface area contributed by atoms with E-state index in [2.05, 4.69) is 0 Å². The molecule has 5 heteroatoms. The summed E-state index contributed by atoms with van der Waals surface area (Å²) in [6.45, 7) is -0.198. The first kappa shape index (κ1) is 12.8. The van der Waals surface area contributed by atoms with E-state index in [1.54, 1.807) is 36.4 Å². The van der Waals surface area contributed by atoms with Crippen LogP contribution in [-0.2, 0) is 16.7 Å². The second-order valence-electron chi connectivity index (χ2n) is 3.79. The fourth-order valence-corrected chi connectivity index (χ4v) is 2.54. The Bertz CT molecular complexity index is 662. The van der Waals surface area contributed by atoms with Crippen LogP contribution in [0.25, 0.3) is 11.1 Å². The Balaban J connectivity index is 2.72. The van der Waals surface area contributed by atoms with E-state index < -0.39 is 10.1 Å². The molecule has 0 aliphatic rings. The quantitative estimate of drug-likeness (QED) is 0.832. The Morgan fingerprint density at radius 3 is 2.06 bits per heavy atom. The van der Waals surface area contributed by atoms with Crippen molar-refractivity contribution in [2.45, 2.75) is 11.5 Å². The molecule has 4 nitrogen and oxygen atoms in total. The summed E-state index contributed by atoms with van der Waals surface area (Å²) in [4.78, 5) is -0.161. The van der Waals surface area contributed by atoms with Crippen LogP contribution in [0.15, 0.2) is 53.4 Å². The van der Waals surface area contributed by atoms with Gasteiger partial charge in [-0.2, -0.15) is 8.42 Å². The van der Waals surface area contributed by atoms with Gasteiger partial charge in [0.05, 0.1) is 6.61 Å². The van der Waals surface area contributed by atoms with Gasteiger partial charge in [0.2, 0.25) is 0 Å². The summed E-state index contributed by atoms with van der Waals surface area (Å²) >= 11 is 0. The van der Waals surface area contributed by atoms with Gasteiger partial charge in [0.1, 0.15) is 4.90 Å². The van der Waals surface area contributed by atoms with Gasteiger partial charge in [-0.1, -0.05) is 42.5 Å². The molecule has 0 amide bonds. The lowest BCUT2D eigenvalue weighted by Crippen LogP contribution is -2.01. The minimum absolute atomic E-state index is 0.161. The molecule has 0 aliphatic carbocycles. The maximum atomic E-state index is 11.3. The zero-order valence-electron chi connectivity index (χ0n) is 9.45. The molecule has 0 saturated heterocycles. The Kier molecular flexibility index (Phi) is 3.47. The number of rotatable bonds is 3. The summed E-state index contributed by atoms with van der Waals surface area (Å²) in [5, 5.41) is 9.26. The van der Waals surface area contributed by atoms with Crippen molar-refractivity contribution < 1.29 is 18.1 Å². The molecule has 0 radical (unpaired) electrons. The molecule has 2 rings (SSSR count). The first-order valence-electron chi connectivity index (χ1n) is 5.29. The SMILES string of the molecule is O=S(=O)(O)c1ccccc1-c1ccccc1CO. The van der Waals surface area contributed by atoms with E-state index in [1.807, 2.05) is 0 Å². The third-order valence-corrected chi connectivity index (χ3v) is 3.55. The van der Waals surface area contributed by atoms with Crippen molar-refractivity contribution in [1.29, 1.82) is 0 Å². The highest BCUT2D eigenvalue weighted by molar-refractivity contribution is 7.86. The maximum absolute atomic E-state index is 11.3. The van der Waals surface area contributed by atoms with E-state index in [0.717, 1.165) is 0 Å². The fourth-order valence-electron chi connectivity index (χ4n) is 1.84. The predicted octanol–water partition coefficient (Wildman–Crippen LogP) is 2.09. The van der Waals surface area contributed by atoms with Gasteiger partial charge >= 0.3 is 0 Å². The van der Waals surface area contributed by atoms with Gasteiger partial charge in [0, 0.05) is 5.56 Å². The van der Waals surface area contributed by atoms with Crippen LogP contribution in [0, 0.1) is 0 Å². The molecule has 0 bridgehead atoms. The maximum Gasteiger partial charge on any atom is 0.295 e. The molecule has 0 heterocycles. The highest BCUT2D eigenvalue weighted by Crippen LogP contribution is 2.29. The van der Waals surface area contributed by atoms with E-state index >= 15 is 0 Å². The molecule has 0 saturated carbocycles. The van der Waals surface area contributed by atoms with Crippen LogP contribution in [0.3, 0.4) is 0 Å². The van der Waals surface area contributed by atoms with Crippen molar-refractivity contribution in [2.75, 3.05) is 0 Å². The van der Waals surface area contributed by atoms with Crippen molar-refractivity contribution in [3.63, 3.8) is 0 Å². The number of hydrogen-bond donors (Lipinski definition) is 2. The Labute approximate surface area is 105 Å². The molecular formula is C13H12O4S. The van der Waals surface area contributed by atoms with Crippen LogP contribution in [0.4, 0.5) is 0 Å². The predicted molar refractivity (Wildman–Crippen MR) is 67.6 cm³/mol. The van der Waals surface area contributed by atoms with Crippen LogP contribution in [-0.4, -0.2) is 18.1 Å². The zero-order valence-corrected chi connectivity index (χ0v) is 10.3. The number of aliphatic hydroxyl groups is 1. The van der Waals surface area contributed by atoms with Gasteiger partial charge in [0.15, 0.2) is 0 Å². The highest BCUT2D eigenvalue weighted by atomic mass is 32.2. The summed E-state index contributed by atoms with van der Waals surface area (Å²) in [7, 11) is -4.29. The van der Waals surface area contributed by atoms with E-state index in [9.17, 15) is 18.1 Å². The normalized spacial score (nSPS) is 11.4. The second kappa shape index (κ2) is 4.89. The highest BCUT2D eigenvalue weighted by Gasteiger charge is 2.17. The van der Waals surface area contributed by atoms with Crippen LogP contribution < -0.4 is 0 Å². The van der Waals surface area contributed by atoms with E-state index in [1.165, 1.54) is 12.1 Å². The Hall–Kier alpha value is -1.69. The second-order valence-corrected chi connectivity index (χ2v) is 5.18. The van der Waals surface area contributed by atoms with Gasteiger partial charge in [-0.15, -0.1) is 0 Å². The van der Waals surface area contributed by atoms with Gasteiger partial charge in [-0.25, -0.2) is 0 Å². The van der Waals surface area contributed by atoms with Gasteiger partial charge in [0.25, 0.3) is 10.1 Å². The molecule has 0 atom stereocenters. The van der Waals surface area contributed by atoms with Crippen molar-refractivity contribution in [3.8, 4) is 11.1 Å². The topological polar surface area (TPSA) is 74.6 Å². The number of aliphatic hydroxyl groups excluding tert-OH is 1. The molecule has 0 unspecified atom stereocenters. The lowest BCUT2D eigenvalue weighted by molar-refractivity contribution is 0.282. The minimum atomic E-state index is -4.29. The summed E-state index contributed by atoms with van der Waals surface area (Å²) in [6, 6.07) is 13.1. The van der Waals surface area contributed by atoms with E-state index in [0.29, 0.717) is 16.7 Å². The van der Waals surface area contributed by atoms with Gasteiger partial charge in [-0.3, -0.25) is 4.55 Å². The summed E-state index contributed by atoms with van der Waals surface area (Å²) < 4.78 is 31.8. The first-order valence-corrected chi connectivity index (χ1v) is 6.73. The van der Waals surface area contributed by atoms with Gasteiger partial charge < -0.3 is 5.11 Å². The summed E-state index contributed by atoms with van der Waals surface area (Å²) in [6.07, 6.45) is 0. The largest absolute Gasteiger partial charge is 0.392 e. The molecule has 2 aromatic carbocycles. The minimum Gasteiger partial charge on any atom is -0.392 e. The molecular weight excluding hydrogens is 252 g/mol. The van der Waals surface area contributed by atoms with E-state index in [-0.39, 0.29) is 11.5 Å². The zero-order chi connectivity index (χ0) is 13.2. The molecule has 0 spiro atoms. The van der Waals surface area contributed by atoms with Crippen molar-refractivity contribution in [3.05, 3.63) is 54.1 Å². The lowest BCUT2D eigenvalue weighted by Gasteiger charge is -2.10. The smallest absolute Gasteiger partial charge is 0.295 e. The summed E-state index contributed by atoms with van der Waals surface area (Å²) in [5.41, 5.74) is 1.58. The molecule has 18 heavy (non-hydrogen) atoms. The van der Waals surface area contributed by atoms with E-state index in [4.69, 9.17) is 0 Å². The molecule has 0 aliphatic heterocycles. The van der Waals surface area contributed by atoms with Crippen LogP contribution in [0.5, 0.6) is 0 Å². The third kappa shape index (κ3) is 2.43. The molecule has 0 aromatic heterocycles. The standard InChI is InChI=1S/C13H12O4S/c14-9-10-5-1-2-6-11(10)12-7-3-4-8-13(12)18(15,16)17/h1-8,14H,9H2,(H,15,16,17). The molecule has 2 N–H and O–H groups in total. The molecule has 94 valence electrons. The third-order valence-electron chi connectivity index (χ3n) is 2.64. The van der Waals surface area contributed by atoms with Crippen LogP contribution in [0.1, 0.15) is 5.56 Å². The van der Waals surface area contributed by atoms with Crippen molar-refractivity contribution in [1.82, 2.24) is 0 Å². The monoisotopic (exact) mass is 264 g/mol. The Morgan fingerprint density at radius 2 is 1.44 bits per heavy atom. The molecule has 0 fully saturated rings. The fraction of sp³-hybridized carbons (Fsp3) is 0.0769. The van der Waals surface area contributed by atoms with Crippen LogP contribution >= 0.6 is 0 Å². The Morgan fingerprint density at radius 1 is 0.889 bits per heavy atom.